The van der Waals surface area contributed by atoms with Crippen molar-refractivity contribution in [3.8, 4) is 0 Å². The highest BCUT2D eigenvalue weighted by Crippen LogP contribution is 2.34. The highest BCUT2D eigenvalue weighted by Gasteiger charge is 2.24. The van der Waals surface area contributed by atoms with Gasteiger partial charge in [-0.15, -0.1) is 0 Å². The van der Waals surface area contributed by atoms with Crippen LogP contribution < -0.4 is 5.32 Å². The molecule has 0 heterocycles. The summed E-state index contributed by atoms with van der Waals surface area (Å²) in [6.07, 6.45) is 4.78. The molecule has 0 saturated heterocycles. The van der Waals surface area contributed by atoms with Crippen molar-refractivity contribution in [2.75, 3.05) is 6.54 Å². The van der Waals surface area contributed by atoms with Crippen molar-refractivity contribution in [1.29, 1.82) is 0 Å². The Morgan fingerprint density at radius 1 is 1.28 bits per heavy atom. The zero-order valence-electron chi connectivity index (χ0n) is 11.2. The third-order valence-electron chi connectivity index (χ3n) is 3.79. The SMILES string of the molecule is CCCNC1CCCCc2c(F)cc(F)c(C)c21. The average molecular weight is 253 g/mol. The Morgan fingerprint density at radius 2 is 2.06 bits per heavy atom. The molecule has 1 atom stereocenters. The molecule has 1 unspecified atom stereocenters. The Bertz CT molecular complexity index is 429. The number of hydrogen-bond acceptors (Lipinski definition) is 1. The topological polar surface area (TPSA) is 12.0 Å². The van der Waals surface area contributed by atoms with Crippen LogP contribution in [0.15, 0.2) is 6.07 Å². The summed E-state index contributed by atoms with van der Waals surface area (Å²) in [7, 11) is 0. The summed E-state index contributed by atoms with van der Waals surface area (Å²) < 4.78 is 27.6. The van der Waals surface area contributed by atoms with E-state index in [1.165, 1.54) is 0 Å². The van der Waals surface area contributed by atoms with E-state index in [0.717, 1.165) is 55.8 Å². The van der Waals surface area contributed by atoms with Crippen molar-refractivity contribution in [3.05, 3.63) is 34.4 Å². The largest absolute Gasteiger partial charge is 0.310 e. The van der Waals surface area contributed by atoms with Gasteiger partial charge in [0.1, 0.15) is 11.6 Å². The molecule has 1 aliphatic rings. The number of benzene rings is 1. The molecule has 0 spiro atoms. The normalized spacial score (nSPS) is 19.4. The van der Waals surface area contributed by atoms with Crippen molar-refractivity contribution in [1.82, 2.24) is 5.32 Å². The van der Waals surface area contributed by atoms with Crippen LogP contribution >= 0.6 is 0 Å². The first-order chi connectivity index (χ1) is 8.65. The summed E-state index contributed by atoms with van der Waals surface area (Å²) >= 11 is 0. The van der Waals surface area contributed by atoms with Crippen LogP contribution in [-0.2, 0) is 6.42 Å². The van der Waals surface area contributed by atoms with E-state index in [4.69, 9.17) is 0 Å². The summed E-state index contributed by atoms with van der Waals surface area (Å²) in [5.41, 5.74) is 2.21. The van der Waals surface area contributed by atoms with E-state index in [2.05, 4.69) is 12.2 Å². The molecular formula is C15H21F2N. The average Bonchev–Trinajstić information content (AvgIpc) is 2.56. The molecule has 0 fully saturated rings. The van der Waals surface area contributed by atoms with E-state index in [0.29, 0.717) is 5.56 Å². The molecule has 0 bridgehead atoms. The van der Waals surface area contributed by atoms with E-state index in [1.54, 1.807) is 6.92 Å². The molecule has 0 saturated carbocycles. The second kappa shape index (κ2) is 5.79. The Labute approximate surface area is 108 Å². The number of fused-ring (bicyclic) bond motifs is 1. The highest BCUT2D eigenvalue weighted by atomic mass is 19.1. The third-order valence-corrected chi connectivity index (χ3v) is 3.79. The molecule has 0 aromatic heterocycles. The van der Waals surface area contributed by atoms with E-state index in [1.807, 2.05) is 0 Å². The van der Waals surface area contributed by atoms with Crippen LogP contribution in [0.4, 0.5) is 8.78 Å². The molecule has 0 radical (unpaired) electrons. The molecule has 100 valence electrons. The van der Waals surface area contributed by atoms with Gasteiger partial charge in [0, 0.05) is 12.1 Å². The third kappa shape index (κ3) is 2.56. The first-order valence-electron chi connectivity index (χ1n) is 6.86. The Kier molecular flexibility index (Phi) is 4.33. The van der Waals surface area contributed by atoms with Crippen LogP contribution in [-0.4, -0.2) is 6.54 Å². The number of hydrogen-bond donors (Lipinski definition) is 1. The molecule has 2 rings (SSSR count). The van der Waals surface area contributed by atoms with Gasteiger partial charge in [-0.25, -0.2) is 8.78 Å². The van der Waals surface area contributed by atoms with E-state index >= 15 is 0 Å². The Morgan fingerprint density at radius 3 is 2.78 bits per heavy atom. The summed E-state index contributed by atoms with van der Waals surface area (Å²) in [5.74, 6) is -0.797. The van der Waals surface area contributed by atoms with Crippen LogP contribution in [0.2, 0.25) is 0 Å². The fourth-order valence-electron chi connectivity index (χ4n) is 2.83. The molecule has 1 aromatic carbocycles. The maximum Gasteiger partial charge on any atom is 0.129 e. The minimum Gasteiger partial charge on any atom is -0.310 e. The number of halogens is 2. The van der Waals surface area contributed by atoms with Crippen LogP contribution in [0.1, 0.15) is 55.3 Å². The standard InChI is InChI=1S/C15H21F2N/c1-3-8-18-14-7-5-4-6-11-13(17)9-12(16)10(2)15(11)14/h9,14,18H,3-8H2,1-2H3. The van der Waals surface area contributed by atoms with Crippen molar-refractivity contribution >= 4 is 0 Å². The van der Waals surface area contributed by atoms with Gasteiger partial charge in [0.15, 0.2) is 0 Å². The molecule has 1 nitrogen and oxygen atoms in total. The van der Waals surface area contributed by atoms with Crippen LogP contribution in [0.3, 0.4) is 0 Å². The lowest BCUT2D eigenvalue weighted by Gasteiger charge is -2.22. The zero-order chi connectivity index (χ0) is 13.1. The van der Waals surface area contributed by atoms with Gasteiger partial charge in [0.25, 0.3) is 0 Å². The smallest absolute Gasteiger partial charge is 0.129 e. The minimum atomic E-state index is -0.420. The fourth-order valence-corrected chi connectivity index (χ4v) is 2.83. The first-order valence-corrected chi connectivity index (χ1v) is 6.86. The second-order valence-electron chi connectivity index (χ2n) is 5.11. The van der Waals surface area contributed by atoms with Gasteiger partial charge in [-0.2, -0.15) is 0 Å². The highest BCUT2D eigenvalue weighted by molar-refractivity contribution is 5.40. The summed E-state index contributed by atoms with van der Waals surface area (Å²) in [4.78, 5) is 0. The van der Waals surface area contributed by atoms with Crippen molar-refractivity contribution < 1.29 is 8.78 Å². The van der Waals surface area contributed by atoms with Crippen molar-refractivity contribution in [2.24, 2.45) is 0 Å². The van der Waals surface area contributed by atoms with Crippen molar-refractivity contribution in [2.45, 2.75) is 52.0 Å². The summed E-state index contributed by atoms with van der Waals surface area (Å²) in [6.45, 7) is 4.75. The minimum absolute atomic E-state index is 0.104. The summed E-state index contributed by atoms with van der Waals surface area (Å²) in [6, 6.07) is 1.14. The molecule has 1 aromatic rings. The monoisotopic (exact) mass is 253 g/mol. The molecule has 0 amide bonds. The Balaban J connectivity index is 2.44. The van der Waals surface area contributed by atoms with Crippen LogP contribution in [0.5, 0.6) is 0 Å². The van der Waals surface area contributed by atoms with Crippen LogP contribution in [0.25, 0.3) is 0 Å². The van der Waals surface area contributed by atoms with Crippen molar-refractivity contribution in [3.63, 3.8) is 0 Å². The molecule has 18 heavy (non-hydrogen) atoms. The molecular weight excluding hydrogens is 232 g/mol. The van der Waals surface area contributed by atoms with Gasteiger partial charge in [-0.1, -0.05) is 13.3 Å². The van der Waals surface area contributed by atoms with Gasteiger partial charge in [0.05, 0.1) is 0 Å². The molecule has 0 aliphatic heterocycles. The maximum atomic E-state index is 13.9. The number of nitrogens with one attached hydrogen (secondary N) is 1. The van der Waals surface area contributed by atoms with Gasteiger partial charge < -0.3 is 5.32 Å². The maximum absolute atomic E-state index is 13.9. The molecule has 1 N–H and O–H groups in total. The van der Waals surface area contributed by atoms with E-state index in [-0.39, 0.29) is 11.9 Å². The Hall–Kier alpha value is -0.960. The summed E-state index contributed by atoms with van der Waals surface area (Å²) in [5, 5.41) is 3.43. The van der Waals surface area contributed by atoms with Gasteiger partial charge in [0.2, 0.25) is 0 Å². The fraction of sp³-hybridized carbons (Fsp3) is 0.600. The number of rotatable bonds is 3. The molecule has 1 aliphatic carbocycles. The molecule has 3 heteroatoms. The lowest BCUT2D eigenvalue weighted by molar-refractivity contribution is 0.481. The van der Waals surface area contributed by atoms with Gasteiger partial charge in [-0.3, -0.25) is 0 Å². The first kappa shape index (κ1) is 13.5. The predicted octanol–water partition coefficient (Wildman–Crippen LogP) is 4.04. The van der Waals surface area contributed by atoms with Crippen LogP contribution in [0, 0.1) is 18.6 Å². The van der Waals surface area contributed by atoms with Gasteiger partial charge in [-0.05, 0) is 55.8 Å². The zero-order valence-corrected chi connectivity index (χ0v) is 11.2. The van der Waals surface area contributed by atoms with Gasteiger partial charge >= 0.3 is 0 Å². The second-order valence-corrected chi connectivity index (χ2v) is 5.11. The van der Waals surface area contributed by atoms with E-state index < -0.39 is 5.82 Å². The lowest BCUT2D eigenvalue weighted by atomic mass is 9.93. The van der Waals surface area contributed by atoms with E-state index in [9.17, 15) is 8.78 Å². The quantitative estimate of drug-likeness (QED) is 0.802. The lowest BCUT2D eigenvalue weighted by Crippen LogP contribution is -2.24. The predicted molar refractivity (Wildman–Crippen MR) is 69.7 cm³/mol.